The summed E-state index contributed by atoms with van der Waals surface area (Å²) in [6, 6.07) is 18.2. The van der Waals surface area contributed by atoms with Gasteiger partial charge in [-0.15, -0.1) is 0 Å². The number of hydrogen-bond donors (Lipinski definition) is 1. The summed E-state index contributed by atoms with van der Waals surface area (Å²) in [4.78, 5) is 12.4. The number of para-hydroxylation sites is 1. The maximum absolute atomic E-state index is 6.38. The molecule has 0 unspecified atom stereocenters. The minimum Gasteiger partial charge on any atom is -0.339 e. The molecule has 0 aliphatic heterocycles. The van der Waals surface area contributed by atoms with E-state index in [1.165, 1.54) is 5.56 Å². The van der Waals surface area contributed by atoms with Gasteiger partial charge in [0.05, 0.1) is 5.39 Å². The third kappa shape index (κ3) is 2.16. The average molecular weight is 294 g/mol. The van der Waals surface area contributed by atoms with Crippen LogP contribution < -0.4 is 0 Å². The average Bonchev–Trinajstić information content (AvgIpc) is 2.87. The number of H-pyrrole nitrogens is 1. The predicted molar refractivity (Wildman–Crippen MR) is 85.7 cm³/mol. The molecule has 0 atom stereocenters. The molecule has 2 aromatic heterocycles. The second kappa shape index (κ2) is 4.86. The fourth-order valence-electron chi connectivity index (χ4n) is 2.60. The molecule has 0 aliphatic carbocycles. The maximum Gasteiger partial charge on any atom is 0.143 e. The molecule has 0 aliphatic rings. The van der Waals surface area contributed by atoms with Gasteiger partial charge in [-0.05, 0) is 11.6 Å². The van der Waals surface area contributed by atoms with Crippen LogP contribution in [-0.2, 0) is 6.42 Å². The van der Waals surface area contributed by atoms with Gasteiger partial charge in [0.15, 0.2) is 0 Å². The van der Waals surface area contributed by atoms with Crippen molar-refractivity contribution < 1.29 is 0 Å². The third-order valence-corrected chi connectivity index (χ3v) is 3.84. The zero-order valence-corrected chi connectivity index (χ0v) is 11.9. The number of rotatable bonds is 2. The van der Waals surface area contributed by atoms with Gasteiger partial charge >= 0.3 is 0 Å². The van der Waals surface area contributed by atoms with Crippen molar-refractivity contribution in [2.24, 2.45) is 0 Å². The Morgan fingerprint density at radius 3 is 2.52 bits per heavy atom. The van der Waals surface area contributed by atoms with Gasteiger partial charge in [0.2, 0.25) is 0 Å². The van der Waals surface area contributed by atoms with Crippen molar-refractivity contribution in [2.45, 2.75) is 6.42 Å². The summed E-state index contributed by atoms with van der Waals surface area (Å²) < 4.78 is 0. The van der Waals surface area contributed by atoms with Gasteiger partial charge in [0.25, 0.3) is 0 Å². The molecule has 0 saturated carbocycles. The van der Waals surface area contributed by atoms with Crippen LogP contribution in [0.15, 0.2) is 54.6 Å². The molecule has 102 valence electrons. The van der Waals surface area contributed by atoms with E-state index in [9.17, 15) is 0 Å². The van der Waals surface area contributed by atoms with E-state index >= 15 is 0 Å². The molecule has 2 aromatic carbocycles. The van der Waals surface area contributed by atoms with Crippen molar-refractivity contribution in [3.05, 3.63) is 71.1 Å². The van der Waals surface area contributed by atoms with Crippen LogP contribution in [-0.4, -0.2) is 15.0 Å². The Morgan fingerprint density at radius 1 is 0.905 bits per heavy atom. The second-order valence-corrected chi connectivity index (χ2v) is 5.35. The molecule has 0 amide bonds. The minimum atomic E-state index is 0.503. The van der Waals surface area contributed by atoms with Crippen molar-refractivity contribution in [3.8, 4) is 0 Å². The van der Waals surface area contributed by atoms with Crippen LogP contribution in [0.5, 0.6) is 0 Å². The lowest BCUT2D eigenvalue weighted by atomic mass is 10.1. The molecule has 4 aromatic rings. The highest BCUT2D eigenvalue weighted by Crippen LogP contribution is 2.29. The van der Waals surface area contributed by atoms with Crippen molar-refractivity contribution in [1.82, 2.24) is 15.0 Å². The zero-order chi connectivity index (χ0) is 14.2. The summed E-state index contributed by atoms with van der Waals surface area (Å²) in [6.07, 6.45) is 0.672. The molecule has 4 rings (SSSR count). The lowest BCUT2D eigenvalue weighted by molar-refractivity contribution is 0.988. The molecule has 4 heteroatoms. The van der Waals surface area contributed by atoms with Crippen LogP contribution in [0.3, 0.4) is 0 Å². The van der Waals surface area contributed by atoms with Gasteiger partial charge in [-0.25, -0.2) is 9.97 Å². The molecule has 0 fully saturated rings. The standard InChI is InChI=1S/C17H12ClN3/c18-16-15-12-8-4-5-9-13(12)19-17(15)21-14(20-16)10-11-6-2-1-3-7-11/h1-9H,10H2,(H,19,20,21). The lowest BCUT2D eigenvalue weighted by Crippen LogP contribution is -1.97. The summed E-state index contributed by atoms with van der Waals surface area (Å²) in [7, 11) is 0. The van der Waals surface area contributed by atoms with Gasteiger partial charge in [-0.3, -0.25) is 0 Å². The van der Waals surface area contributed by atoms with Gasteiger partial charge in [0.1, 0.15) is 16.6 Å². The van der Waals surface area contributed by atoms with Crippen LogP contribution in [0, 0.1) is 0 Å². The first kappa shape index (κ1) is 12.4. The van der Waals surface area contributed by atoms with Crippen molar-refractivity contribution >= 4 is 33.5 Å². The summed E-state index contributed by atoms with van der Waals surface area (Å²) in [5.74, 6) is 0.727. The summed E-state index contributed by atoms with van der Waals surface area (Å²) in [5, 5.41) is 2.45. The van der Waals surface area contributed by atoms with Gasteiger partial charge < -0.3 is 4.98 Å². The first-order valence-electron chi connectivity index (χ1n) is 6.78. The highest BCUT2D eigenvalue weighted by atomic mass is 35.5. The molecule has 0 spiro atoms. The Balaban J connectivity index is 1.87. The number of fused-ring (bicyclic) bond motifs is 3. The number of aromatic amines is 1. The molecule has 0 radical (unpaired) electrons. The van der Waals surface area contributed by atoms with Gasteiger partial charge in [0, 0.05) is 17.3 Å². The number of benzene rings is 2. The number of halogens is 1. The van der Waals surface area contributed by atoms with Crippen LogP contribution in [0.25, 0.3) is 21.9 Å². The van der Waals surface area contributed by atoms with Gasteiger partial charge in [-0.1, -0.05) is 60.1 Å². The molecular weight excluding hydrogens is 282 g/mol. The number of nitrogens with zero attached hydrogens (tertiary/aromatic N) is 2. The monoisotopic (exact) mass is 293 g/mol. The van der Waals surface area contributed by atoms with E-state index < -0.39 is 0 Å². The quantitative estimate of drug-likeness (QED) is 0.558. The van der Waals surface area contributed by atoms with Crippen LogP contribution in [0.1, 0.15) is 11.4 Å². The predicted octanol–water partition coefficient (Wildman–Crippen LogP) is 4.36. The molecule has 2 heterocycles. The van der Waals surface area contributed by atoms with Gasteiger partial charge in [-0.2, -0.15) is 0 Å². The van der Waals surface area contributed by atoms with Crippen molar-refractivity contribution in [3.63, 3.8) is 0 Å². The van der Waals surface area contributed by atoms with E-state index in [-0.39, 0.29) is 0 Å². The highest BCUT2D eigenvalue weighted by Gasteiger charge is 2.12. The van der Waals surface area contributed by atoms with Crippen molar-refractivity contribution in [1.29, 1.82) is 0 Å². The fourth-order valence-corrected chi connectivity index (χ4v) is 2.89. The molecule has 21 heavy (non-hydrogen) atoms. The Labute approximate surface area is 126 Å². The smallest absolute Gasteiger partial charge is 0.143 e. The minimum absolute atomic E-state index is 0.503. The third-order valence-electron chi connectivity index (χ3n) is 3.57. The number of hydrogen-bond acceptors (Lipinski definition) is 2. The second-order valence-electron chi connectivity index (χ2n) is 4.99. The van der Waals surface area contributed by atoms with Crippen molar-refractivity contribution in [2.75, 3.05) is 0 Å². The Bertz CT molecular complexity index is 929. The Hall–Kier alpha value is -2.39. The normalized spacial score (nSPS) is 11.3. The first-order valence-corrected chi connectivity index (χ1v) is 7.16. The number of nitrogens with one attached hydrogen (secondary N) is 1. The molecule has 0 bridgehead atoms. The molecular formula is C17H12ClN3. The summed E-state index contributed by atoms with van der Waals surface area (Å²) in [5.41, 5.74) is 2.99. The fraction of sp³-hybridized carbons (Fsp3) is 0.0588. The topological polar surface area (TPSA) is 41.6 Å². The van der Waals surface area contributed by atoms with E-state index in [0.29, 0.717) is 11.6 Å². The zero-order valence-electron chi connectivity index (χ0n) is 11.2. The maximum atomic E-state index is 6.38. The molecule has 0 saturated heterocycles. The highest BCUT2D eigenvalue weighted by molar-refractivity contribution is 6.36. The van der Waals surface area contributed by atoms with E-state index in [4.69, 9.17) is 11.6 Å². The number of aromatic nitrogens is 3. The van der Waals surface area contributed by atoms with E-state index in [1.54, 1.807) is 0 Å². The largest absolute Gasteiger partial charge is 0.339 e. The first-order chi connectivity index (χ1) is 10.3. The Morgan fingerprint density at radius 2 is 1.67 bits per heavy atom. The summed E-state index contributed by atoms with van der Waals surface area (Å²) in [6.45, 7) is 0. The summed E-state index contributed by atoms with van der Waals surface area (Å²) >= 11 is 6.38. The van der Waals surface area contributed by atoms with Crippen LogP contribution >= 0.6 is 11.6 Å². The lowest BCUT2D eigenvalue weighted by Gasteiger charge is -2.02. The van der Waals surface area contributed by atoms with E-state index in [0.717, 1.165) is 27.8 Å². The van der Waals surface area contributed by atoms with E-state index in [2.05, 4.69) is 27.1 Å². The van der Waals surface area contributed by atoms with Crippen LogP contribution in [0.2, 0.25) is 5.15 Å². The molecule has 3 nitrogen and oxygen atoms in total. The van der Waals surface area contributed by atoms with Crippen LogP contribution in [0.4, 0.5) is 0 Å². The van der Waals surface area contributed by atoms with E-state index in [1.807, 2.05) is 42.5 Å². The molecule has 1 N–H and O–H groups in total. The SMILES string of the molecule is Clc1nc(Cc2ccccc2)nc2[nH]c3ccccc3c12. The Kier molecular flexibility index (Phi) is 2.86.